The van der Waals surface area contributed by atoms with E-state index in [1.165, 1.54) is 11.1 Å². The van der Waals surface area contributed by atoms with Crippen LogP contribution in [0.5, 0.6) is 0 Å². The number of benzene rings is 1. The van der Waals surface area contributed by atoms with Gasteiger partial charge < -0.3 is 5.73 Å². The zero-order valence-corrected chi connectivity index (χ0v) is 10.7. The molecule has 0 fully saturated rings. The summed E-state index contributed by atoms with van der Waals surface area (Å²) >= 11 is 0. The Morgan fingerprint density at radius 2 is 1.89 bits per heavy atom. The largest absolute Gasteiger partial charge is 0.394 e. The van der Waals surface area contributed by atoms with Crippen molar-refractivity contribution in [2.24, 2.45) is 7.05 Å². The summed E-state index contributed by atoms with van der Waals surface area (Å²) in [6.07, 6.45) is 3.56. The highest BCUT2D eigenvalue weighted by Crippen LogP contribution is 2.23. The number of rotatable bonds is 1. The van der Waals surface area contributed by atoms with Gasteiger partial charge >= 0.3 is 0 Å². The van der Waals surface area contributed by atoms with Gasteiger partial charge in [0.05, 0.1) is 16.7 Å². The first kappa shape index (κ1) is 10.8. The Morgan fingerprint density at radius 1 is 1.17 bits per heavy atom. The number of hydrogen-bond donors (Lipinski definition) is 1. The van der Waals surface area contributed by atoms with Crippen molar-refractivity contribution >= 4 is 16.7 Å². The molecular weight excluding hydrogens is 226 g/mol. The maximum Gasteiger partial charge on any atom is 0.183 e. The van der Waals surface area contributed by atoms with E-state index in [-0.39, 0.29) is 0 Å². The molecule has 0 unspecified atom stereocenters. The topological polar surface area (TPSA) is 61.7 Å². The third kappa shape index (κ3) is 1.48. The van der Waals surface area contributed by atoms with Gasteiger partial charge in [-0.05, 0) is 37.1 Å². The van der Waals surface area contributed by atoms with E-state index in [1.54, 1.807) is 17.2 Å². The van der Waals surface area contributed by atoms with E-state index < -0.39 is 0 Å². The summed E-state index contributed by atoms with van der Waals surface area (Å²) in [5, 5.41) is 4.37. The van der Waals surface area contributed by atoms with Crippen LogP contribution in [0.2, 0.25) is 0 Å². The van der Waals surface area contributed by atoms with Crippen molar-refractivity contribution in [3.63, 3.8) is 0 Å². The predicted octanol–water partition coefficient (Wildman–Crippen LogP) is 1.96. The van der Waals surface area contributed by atoms with Gasteiger partial charge in [-0.3, -0.25) is 9.25 Å². The van der Waals surface area contributed by atoms with Crippen LogP contribution >= 0.6 is 0 Å². The van der Waals surface area contributed by atoms with Crippen molar-refractivity contribution in [1.82, 2.24) is 19.3 Å². The van der Waals surface area contributed by atoms with E-state index in [0.29, 0.717) is 5.69 Å². The molecule has 2 heterocycles. The molecule has 3 aromatic rings. The SMILES string of the molecule is Cc1cc2ncn(-c3nn(C)cc3N)c2cc1C. The Labute approximate surface area is 105 Å². The fourth-order valence-electron chi connectivity index (χ4n) is 2.12. The Morgan fingerprint density at radius 3 is 2.56 bits per heavy atom. The fraction of sp³-hybridized carbons (Fsp3) is 0.231. The van der Waals surface area contributed by atoms with Gasteiger partial charge in [-0.1, -0.05) is 0 Å². The van der Waals surface area contributed by atoms with Gasteiger partial charge in [0.25, 0.3) is 0 Å². The molecule has 0 aliphatic rings. The quantitative estimate of drug-likeness (QED) is 0.708. The Kier molecular flexibility index (Phi) is 2.16. The molecular formula is C13H15N5. The van der Waals surface area contributed by atoms with Crippen molar-refractivity contribution in [2.75, 3.05) is 5.73 Å². The number of nitrogens with zero attached hydrogens (tertiary/aromatic N) is 4. The Hall–Kier alpha value is -2.30. The first-order valence-corrected chi connectivity index (χ1v) is 5.80. The molecule has 1 aromatic carbocycles. The van der Waals surface area contributed by atoms with E-state index in [1.807, 2.05) is 11.6 Å². The summed E-state index contributed by atoms with van der Waals surface area (Å²) < 4.78 is 3.63. The Balaban J connectivity index is 2.30. The first-order valence-electron chi connectivity index (χ1n) is 5.80. The Bertz CT molecular complexity index is 735. The van der Waals surface area contributed by atoms with Crippen LogP contribution in [0, 0.1) is 13.8 Å². The molecule has 0 bridgehead atoms. The summed E-state index contributed by atoms with van der Waals surface area (Å²) in [7, 11) is 1.86. The average Bonchev–Trinajstić information content (AvgIpc) is 2.83. The number of aryl methyl sites for hydroxylation is 3. The molecule has 2 N–H and O–H groups in total. The number of aromatic nitrogens is 4. The first-order chi connectivity index (χ1) is 8.56. The van der Waals surface area contributed by atoms with E-state index >= 15 is 0 Å². The van der Waals surface area contributed by atoms with E-state index in [0.717, 1.165) is 16.9 Å². The molecule has 18 heavy (non-hydrogen) atoms. The minimum Gasteiger partial charge on any atom is -0.394 e. The zero-order chi connectivity index (χ0) is 12.9. The molecule has 92 valence electrons. The van der Waals surface area contributed by atoms with Crippen LogP contribution in [0.1, 0.15) is 11.1 Å². The standard InChI is InChI=1S/C13H15N5/c1-8-4-11-12(5-9(8)2)18(7-15-11)13-10(14)6-17(3)16-13/h4-7H,14H2,1-3H3. The monoisotopic (exact) mass is 241 g/mol. The third-order valence-electron chi connectivity index (χ3n) is 3.23. The van der Waals surface area contributed by atoms with E-state index in [2.05, 4.69) is 36.1 Å². The maximum atomic E-state index is 5.96. The number of nitrogens with two attached hydrogens (primary N) is 1. The summed E-state index contributed by atoms with van der Waals surface area (Å²) in [6, 6.07) is 4.20. The molecule has 5 heteroatoms. The van der Waals surface area contributed by atoms with Crippen molar-refractivity contribution in [3.8, 4) is 5.82 Å². The second-order valence-corrected chi connectivity index (χ2v) is 4.62. The van der Waals surface area contributed by atoms with Gasteiger partial charge in [-0.25, -0.2) is 4.98 Å². The van der Waals surface area contributed by atoms with Gasteiger partial charge in [0.2, 0.25) is 0 Å². The van der Waals surface area contributed by atoms with E-state index in [9.17, 15) is 0 Å². The molecule has 0 saturated carbocycles. The van der Waals surface area contributed by atoms with Crippen LogP contribution in [0.15, 0.2) is 24.7 Å². The average molecular weight is 241 g/mol. The summed E-state index contributed by atoms with van der Waals surface area (Å²) in [4.78, 5) is 4.41. The molecule has 0 amide bonds. The van der Waals surface area contributed by atoms with E-state index in [4.69, 9.17) is 5.73 Å². The van der Waals surface area contributed by atoms with Gasteiger partial charge in [0, 0.05) is 13.2 Å². The summed E-state index contributed by atoms with van der Waals surface area (Å²) in [5.41, 5.74) is 11.1. The van der Waals surface area contributed by atoms with Crippen LogP contribution in [0.4, 0.5) is 5.69 Å². The third-order valence-corrected chi connectivity index (χ3v) is 3.23. The number of imidazole rings is 1. The molecule has 0 saturated heterocycles. The predicted molar refractivity (Wildman–Crippen MR) is 71.7 cm³/mol. The van der Waals surface area contributed by atoms with Gasteiger partial charge in [-0.2, -0.15) is 5.10 Å². The summed E-state index contributed by atoms with van der Waals surface area (Å²) in [6.45, 7) is 4.18. The van der Waals surface area contributed by atoms with Crippen LogP contribution in [-0.2, 0) is 7.05 Å². The molecule has 2 aromatic heterocycles. The van der Waals surface area contributed by atoms with Crippen molar-refractivity contribution in [2.45, 2.75) is 13.8 Å². The lowest BCUT2D eigenvalue weighted by Crippen LogP contribution is -1.98. The highest BCUT2D eigenvalue weighted by molar-refractivity contribution is 5.80. The zero-order valence-electron chi connectivity index (χ0n) is 10.7. The highest BCUT2D eigenvalue weighted by atomic mass is 15.3. The molecule has 0 atom stereocenters. The summed E-state index contributed by atoms with van der Waals surface area (Å²) in [5.74, 6) is 0.725. The maximum absolute atomic E-state index is 5.96. The van der Waals surface area contributed by atoms with Crippen LogP contribution < -0.4 is 5.73 Å². The fourth-order valence-corrected chi connectivity index (χ4v) is 2.12. The lowest BCUT2D eigenvalue weighted by molar-refractivity contribution is 0.753. The second-order valence-electron chi connectivity index (χ2n) is 4.62. The minimum absolute atomic E-state index is 0.648. The van der Waals surface area contributed by atoms with Gasteiger partial charge in [-0.15, -0.1) is 0 Å². The number of nitrogen functional groups attached to an aromatic ring is 1. The molecule has 5 nitrogen and oxygen atoms in total. The van der Waals surface area contributed by atoms with Crippen LogP contribution in [-0.4, -0.2) is 19.3 Å². The number of anilines is 1. The molecule has 0 aliphatic carbocycles. The highest BCUT2D eigenvalue weighted by Gasteiger charge is 2.11. The molecule has 0 aliphatic heterocycles. The molecule has 0 radical (unpaired) electrons. The lowest BCUT2D eigenvalue weighted by atomic mass is 10.1. The lowest BCUT2D eigenvalue weighted by Gasteiger charge is -2.03. The smallest absolute Gasteiger partial charge is 0.183 e. The minimum atomic E-state index is 0.648. The number of hydrogen-bond acceptors (Lipinski definition) is 3. The van der Waals surface area contributed by atoms with Gasteiger partial charge in [0.1, 0.15) is 6.33 Å². The molecule has 0 spiro atoms. The number of fused-ring (bicyclic) bond motifs is 1. The normalized spacial score (nSPS) is 11.3. The second kappa shape index (κ2) is 3.60. The van der Waals surface area contributed by atoms with Crippen molar-refractivity contribution in [1.29, 1.82) is 0 Å². The van der Waals surface area contributed by atoms with Gasteiger partial charge in [0.15, 0.2) is 5.82 Å². The van der Waals surface area contributed by atoms with Crippen LogP contribution in [0.3, 0.4) is 0 Å². The van der Waals surface area contributed by atoms with Crippen molar-refractivity contribution < 1.29 is 0 Å². The molecule has 3 rings (SSSR count). The van der Waals surface area contributed by atoms with Crippen LogP contribution in [0.25, 0.3) is 16.9 Å². The van der Waals surface area contributed by atoms with Crippen molar-refractivity contribution in [3.05, 3.63) is 35.8 Å².